The molecule has 0 saturated heterocycles. The first kappa shape index (κ1) is 24.4. The van der Waals surface area contributed by atoms with Crippen molar-refractivity contribution >= 4 is 15.9 Å². The summed E-state index contributed by atoms with van der Waals surface area (Å²) in [6.07, 6.45) is 0. The number of carbonyl (C=O) groups is 1. The van der Waals surface area contributed by atoms with E-state index in [0.717, 1.165) is 5.56 Å². The lowest BCUT2D eigenvalue weighted by atomic mass is 10.1. The van der Waals surface area contributed by atoms with E-state index in [1.54, 1.807) is 26.4 Å². The van der Waals surface area contributed by atoms with Gasteiger partial charge in [-0.05, 0) is 48.9 Å². The van der Waals surface area contributed by atoms with E-state index in [0.29, 0.717) is 17.2 Å². The average Bonchev–Trinajstić information content (AvgIpc) is 2.77. The Labute approximate surface area is 182 Å². The molecule has 0 bridgehead atoms. The van der Waals surface area contributed by atoms with E-state index in [1.165, 1.54) is 31.4 Å². The van der Waals surface area contributed by atoms with Gasteiger partial charge < -0.3 is 24.3 Å². The zero-order valence-corrected chi connectivity index (χ0v) is 18.8. The number of hydrogen-bond donors (Lipinski definition) is 2. The predicted molar refractivity (Wildman–Crippen MR) is 115 cm³/mol. The smallest absolute Gasteiger partial charge is 0.258 e. The van der Waals surface area contributed by atoms with Crippen LogP contribution in [-0.2, 0) is 19.6 Å². The van der Waals surface area contributed by atoms with Gasteiger partial charge >= 0.3 is 0 Å². The Bertz CT molecular complexity index is 962. The fourth-order valence-electron chi connectivity index (χ4n) is 2.71. The number of hydrogen-bond acceptors (Lipinski definition) is 7. The summed E-state index contributed by atoms with van der Waals surface area (Å²) >= 11 is 0. The number of benzene rings is 2. The van der Waals surface area contributed by atoms with Crippen LogP contribution in [0.5, 0.6) is 17.2 Å². The van der Waals surface area contributed by atoms with Gasteiger partial charge in [-0.1, -0.05) is 6.07 Å². The van der Waals surface area contributed by atoms with E-state index in [1.807, 2.05) is 13.0 Å². The Morgan fingerprint density at radius 1 is 1.00 bits per heavy atom. The SMILES string of the molecule is COCCNS(=O)(=O)c1ccc(OCC(=O)NC(C)c2ccc(OC)c(OC)c2)cc1. The fraction of sp³-hybridized carbons (Fsp3) is 0.381. The minimum atomic E-state index is -3.62. The molecule has 0 aromatic heterocycles. The van der Waals surface area contributed by atoms with Crippen molar-refractivity contribution in [2.75, 3.05) is 41.1 Å². The molecule has 1 amide bonds. The molecule has 2 rings (SSSR count). The molecule has 2 aromatic rings. The van der Waals surface area contributed by atoms with Gasteiger partial charge in [0.05, 0.1) is 31.8 Å². The Morgan fingerprint density at radius 3 is 2.29 bits per heavy atom. The van der Waals surface area contributed by atoms with Crippen LogP contribution in [0.2, 0.25) is 0 Å². The van der Waals surface area contributed by atoms with E-state index in [9.17, 15) is 13.2 Å². The predicted octanol–water partition coefficient (Wildman–Crippen LogP) is 1.88. The largest absolute Gasteiger partial charge is 0.493 e. The summed E-state index contributed by atoms with van der Waals surface area (Å²) < 4.78 is 47.5. The third-order valence-electron chi connectivity index (χ3n) is 4.39. The maximum atomic E-state index is 12.2. The van der Waals surface area contributed by atoms with Gasteiger partial charge in [0.2, 0.25) is 10.0 Å². The van der Waals surface area contributed by atoms with Crippen LogP contribution in [0, 0.1) is 0 Å². The molecular formula is C21H28N2O7S. The number of sulfonamides is 1. The van der Waals surface area contributed by atoms with Gasteiger partial charge in [-0.3, -0.25) is 4.79 Å². The van der Waals surface area contributed by atoms with Crippen molar-refractivity contribution in [3.8, 4) is 17.2 Å². The summed E-state index contributed by atoms with van der Waals surface area (Å²) in [4.78, 5) is 12.3. The van der Waals surface area contributed by atoms with Gasteiger partial charge in [0.25, 0.3) is 5.91 Å². The number of methoxy groups -OCH3 is 3. The monoisotopic (exact) mass is 452 g/mol. The van der Waals surface area contributed by atoms with E-state index >= 15 is 0 Å². The molecule has 2 N–H and O–H groups in total. The van der Waals surface area contributed by atoms with Crippen LogP contribution < -0.4 is 24.2 Å². The van der Waals surface area contributed by atoms with Crippen molar-refractivity contribution in [1.29, 1.82) is 0 Å². The standard InChI is InChI=1S/C21H28N2O7S/c1-15(16-5-10-19(28-3)20(13-16)29-4)23-21(24)14-30-17-6-8-18(9-7-17)31(25,26)22-11-12-27-2/h5-10,13,15,22H,11-12,14H2,1-4H3,(H,23,24). The maximum absolute atomic E-state index is 12.2. The van der Waals surface area contributed by atoms with Crippen molar-refractivity contribution in [3.63, 3.8) is 0 Å². The molecule has 170 valence electrons. The molecule has 0 saturated carbocycles. The zero-order chi connectivity index (χ0) is 22.9. The second-order valence-electron chi connectivity index (χ2n) is 6.55. The lowest BCUT2D eigenvalue weighted by Crippen LogP contribution is -2.31. The second kappa shape index (κ2) is 11.5. The molecule has 0 heterocycles. The first-order chi connectivity index (χ1) is 14.8. The molecule has 0 aliphatic heterocycles. The Balaban J connectivity index is 1.89. The third-order valence-corrected chi connectivity index (χ3v) is 5.86. The lowest BCUT2D eigenvalue weighted by Gasteiger charge is -2.17. The zero-order valence-electron chi connectivity index (χ0n) is 18.0. The van der Waals surface area contributed by atoms with E-state index in [4.69, 9.17) is 18.9 Å². The third kappa shape index (κ3) is 7.12. The van der Waals surface area contributed by atoms with Crippen LogP contribution in [0.3, 0.4) is 0 Å². The fourth-order valence-corrected chi connectivity index (χ4v) is 3.73. The number of rotatable bonds is 12. The van der Waals surface area contributed by atoms with Crippen LogP contribution in [-0.4, -0.2) is 55.4 Å². The molecule has 1 atom stereocenters. The topological polar surface area (TPSA) is 112 Å². The minimum Gasteiger partial charge on any atom is -0.493 e. The van der Waals surface area contributed by atoms with Crippen LogP contribution >= 0.6 is 0 Å². The van der Waals surface area contributed by atoms with Crippen LogP contribution in [0.15, 0.2) is 47.4 Å². The number of amides is 1. The molecule has 0 spiro atoms. The molecule has 9 nitrogen and oxygen atoms in total. The lowest BCUT2D eigenvalue weighted by molar-refractivity contribution is -0.123. The number of ether oxygens (including phenoxy) is 4. The van der Waals surface area contributed by atoms with Crippen LogP contribution in [0.25, 0.3) is 0 Å². The molecule has 31 heavy (non-hydrogen) atoms. The van der Waals surface area contributed by atoms with Crippen molar-refractivity contribution in [2.45, 2.75) is 17.9 Å². The number of carbonyl (C=O) groups excluding carboxylic acids is 1. The van der Waals surface area contributed by atoms with Crippen molar-refractivity contribution in [1.82, 2.24) is 10.0 Å². The molecule has 0 aliphatic carbocycles. The number of nitrogens with one attached hydrogen (secondary N) is 2. The first-order valence-electron chi connectivity index (χ1n) is 9.53. The highest BCUT2D eigenvalue weighted by Gasteiger charge is 2.15. The van der Waals surface area contributed by atoms with Gasteiger partial charge in [-0.2, -0.15) is 0 Å². The summed E-state index contributed by atoms with van der Waals surface area (Å²) in [5, 5.41) is 2.84. The molecule has 10 heteroatoms. The van der Waals surface area contributed by atoms with Gasteiger partial charge in [-0.15, -0.1) is 0 Å². The van der Waals surface area contributed by atoms with Crippen LogP contribution in [0.1, 0.15) is 18.5 Å². The summed E-state index contributed by atoms with van der Waals surface area (Å²) in [6.45, 7) is 2.08. The quantitative estimate of drug-likeness (QED) is 0.473. The molecule has 0 radical (unpaired) electrons. The van der Waals surface area contributed by atoms with Gasteiger partial charge in [0, 0.05) is 13.7 Å². The summed E-state index contributed by atoms with van der Waals surface area (Å²) in [7, 11) is 0.971. The minimum absolute atomic E-state index is 0.0995. The molecule has 0 fully saturated rings. The Hall–Kier alpha value is -2.82. The highest BCUT2D eigenvalue weighted by atomic mass is 32.2. The first-order valence-corrected chi connectivity index (χ1v) is 11.0. The van der Waals surface area contributed by atoms with E-state index in [-0.39, 0.29) is 36.6 Å². The summed E-state index contributed by atoms with van der Waals surface area (Å²) in [5.41, 5.74) is 0.849. The van der Waals surface area contributed by atoms with Gasteiger partial charge in [0.1, 0.15) is 5.75 Å². The van der Waals surface area contributed by atoms with E-state index in [2.05, 4.69) is 10.0 Å². The molecule has 1 unspecified atom stereocenters. The summed E-state index contributed by atoms with van der Waals surface area (Å²) in [6, 6.07) is 10.9. The molecule has 0 aliphatic rings. The molecule has 2 aromatic carbocycles. The van der Waals surface area contributed by atoms with Crippen LogP contribution in [0.4, 0.5) is 0 Å². The normalized spacial score (nSPS) is 12.1. The average molecular weight is 453 g/mol. The summed E-state index contributed by atoms with van der Waals surface area (Å²) in [5.74, 6) is 1.24. The van der Waals surface area contributed by atoms with E-state index < -0.39 is 10.0 Å². The Morgan fingerprint density at radius 2 is 1.68 bits per heavy atom. The van der Waals surface area contributed by atoms with Crippen molar-refractivity contribution in [2.24, 2.45) is 0 Å². The second-order valence-corrected chi connectivity index (χ2v) is 8.32. The Kier molecular flexibility index (Phi) is 9.10. The van der Waals surface area contributed by atoms with Gasteiger partial charge in [0.15, 0.2) is 18.1 Å². The van der Waals surface area contributed by atoms with Crippen molar-refractivity contribution in [3.05, 3.63) is 48.0 Å². The van der Waals surface area contributed by atoms with Gasteiger partial charge in [-0.25, -0.2) is 13.1 Å². The molecular weight excluding hydrogens is 424 g/mol. The van der Waals surface area contributed by atoms with Crippen molar-refractivity contribution < 1.29 is 32.2 Å². The maximum Gasteiger partial charge on any atom is 0.258 e. The highest BCUT2D eigenvalue weighted by molar-refractivity contribution is 7.89. The highest BCUT2D eigenvalue weighted by Crippen LogP contribution is 2.29.